The van der Waals surface area contributed by atoms with Gasteiger partial charge in [-0.05, 0) is 67.9 Å². The van der Waals surface area contributed by atoms with Gasteiger partial charge in [0, 0.05) is 13.1 Å². The molecular weight excluding hydrogens is 236 g/mol. The summed E-state index contributed by atoms with van der Waals surface area (Å²) in [6.07, 6.45) is 7.24. The van der Waals surface area contributed by atoms with Crippen molar-refractivity contribution < 1.29 is 0 Å². The topological polar surface area (TPSA) is 55.0 Å². The highest BCUT2D eigenvalue weighted by Gasteiger charge is 2.49. The molecule has 4 heteroatoms. The third-order valence-corrected chi connectivity index (χ3v) is 5.66. The standard InChI is InChI=1S/C15H22N4/c1-19(14-3-2-13(16)17-18-14)15-11-5-9-4-10(7-11)8-12(15)6-9/h2-3,9-12,15H,4-8H2,1H3,(H2,16,17). The molecule has 4 saturated carbocycles. The lowest BCUT2D eigenvalue weighted by Crippen LogP contribution is -2.55. The number of hydrogen-bond donors (Lipinski definition) is 1. The van der Waals surface area contributed by atoms with Crippen molar-refractivity contribution >= 4 is 11.6 Å². The Morgan fingerprint density at radius 1 is 1.00 bits per heavy atom. The Bertz CT molecular complexity index is 442. The van der Waals surface area contributed by atoms with E-state index in [1.165, 1.54) is 32.1 Å². The molecule has 1 heterocycles. The quantitative estimate of drug-likeness (QED) is 0.884. The smallest absolute Gasteiger partial charge is 0.151 e. The maximum atomic E-state index is 5.63. The summed E-state index contributed by atoms with van der Waals surface area (Å²) in [6.45, 7) is 0. The van der Waals surface area contributed by atoms with Gasteiger partial charge >= 0.3 is 0 Å². The lowest BCUT2D eigenvalue weighted by atomic mass is 9.54. The average molecular weight is 258 g/mol. The highest BCUT2D eigenvalue weighted by atomic mass is 15.3. The van der Waals surface area contributed by atoms with Gasteiger partial charge in [-0.25, -0.2) is 0 Å². The molecule has 0 atom stereocenters. The van der Waals surface area contributed by atoms with Crippen LogP contribution < -0.4 is 10.6 Å². The number of nitrogen functional groups attached to an aromatic ring is 1. The van der Waals surface area contributed by atoms with Crippen molar-refractivity contribution in [2.24, 2.45) is 23.7 Å². The van der Waals surface area contributed by atoms with Gasteiger partial charge in [-0.2, -0.15) is 0 Å². The highest BCUT2D eigenvalue weighted by molar-refractivity contribution is 5.42. The van der Waals surface area contributed by atoms with E-state index in [0.29, 0.717) is 11.9 Å². The van der Waals surface area contributed by atoms with E-state index in [9.17, 15) is 0 Å². The summed E-state index contributed by atoms with van der Waals surface area (Å²) < 4.78 is 0. The normalized spacial score (nSPS) is 39.5. The van der Waals surface area contributed by atoms with Crippen LogP contribution in [0.4, 0.5) is 11.6 Å². The van der Waals surface area contributed by atoms with Crippen LogP contribution in [0.1, 0.15) is 32.1 Å². The van der Waals surface area contributed by atoms with Crippen molar-refractivity contribution in [1.82, 2.24) is 10.2 Å². The van der Waals surface area contributed by atoms with Crippen LogP contribution in [0.3, 0.4) is 0 Å². The summed E-state index contributed by atoms with van der Waals surface area (Å²) in [7, 11) is 2.19. The highest BCUT2D eigenvalue weighted by Crippen LogP contribution is 2.55. The van der Waals surface area contributed by atoms with Crippen LogP contribution in [0, 0.1) is 23.7 Å². The third-order valence-electron chi connectivity index (χ3n) is 5.66. The summed E-state index contributed by atoms with van der Waals surface area (Å²) in [5.41, 5.74) is 5.63. The molecule has 0 saturated heterocycles. The minimum Gasteiger partial charge on any atom is -0.382 e. The monoisotopic (exact) mass is 258 g/mol. The molecule has 0 amide bonds. The molecule has 4 aliphatic carbocycles. The number of aromatic nitrogens is 2. The second-order valence-corrected chi connectivity index (χ2v) is 6.85. The van der Waals surface area contributed by atoms with Crippen LogP contribution in [0.5, 0.6) is 0 Å². The van der Waals surface area contributed by atoms with Crippen molar-refractivity contribution in [2.45, 2.75) is 38.1 Å². The van der Waals surface area contributed by atoms with E-state index in [2.05, 4.69) is 22.1 Å². The molecule has 1 aromatic heterocycles. The first-order chi connectivity index (χ1) is 9.20. The zero-order valence-corrected chi connectivity index (χ0v) is 11.5. The van der Waals surface area contributed by atoms with Gasteiger partial charge < -0.3 is 10.6 Å². The van der Waals surface area contributed by atoms with Gasteiger partial charge in [0.1, 0.15) is 5.82 Å². The van der Waals surface area contributed by atoms with Gasteiger partial charge in [-0.1, -0.05) is 0 Å². The van der Waals surface area contributed by atoms with Crippen molar-refractivity contribution in [1.29, 1.82) is 0 Å². The van der Waals surface area contributed by atoms with Gasteiger partial charge in [-0.15, -0.1) is 10.2 Å². The van der Waals surface area contributed by atoms with Crippen LogP contribution in [-0.4, -0.2) is 23.3 Å². The molecule has 4 fully saturated rings. The van der Waals surface area contributed by atoms with E-state index in [0.717, 1.165) is 29.5 Å². The zero-order chi connectivity index (χ0) is 13.0. The molecule has 102 valence electrons. The summed E-state index contributed by atoms with van der Waals surface area (Å²) in [4.78, 5) is 2.37. The van der Waals surface area contributed by atoms with E-state index in [1.807, 2.05) is 12.1 Å². The SMILES string of the molecule is CN(c1ccc(N)nn1)C1C2CC3CC(C2)CC1C3. The summed E-state index contributed by atoms with van der Waals surface area (Å²) in [5.74, 6) is 5.27. The molecule has 2 N–H and O–H groups in total. The first kappa shape index (κ1) is 11.5. The Balaban J connectivity index is 1.60. The Morgan fingerprint density at radius 2 is 1.63 bits per heavy atom. The number of anilines is 2. The molecule has 4 bridgehead atoms. The van der Waals surface area contributed by atoms with E-state index in [1.54, 1.807) is 0 Å². The van der Waals surface area contributed by atoms with Crippen LogP contribution >= 0.6 is 0 Å². The largest absolute Gasteiger partial charge is 0.382 e. The Hall–Kier alpha value is -1.32. The molecule has 0 aliphatic heterocycles. The lowest BCUT2D eigenvalue weighted by molar-refractivity contribution is -0.00146. The average Bonchev–Trinajstić information content (AvgIpc) is 2.38. The molecule has 0 unspecified atom stereocenters. The van der Waals surface area contributed by atoms with E-state index in [4.69, 9.17) is 5.73 Å². The molecular formula is C15H22N4. The predicted octanol–water partition coefficient (Wildman–Crippen LogP) is 2.32. The van der Waals surface area contributed by atoms with Crippen molar-refractivity contribution in [3.63, 3.8) is 0 Å². The summed E-state index contributed by atoms with van der Waals surface area (Å²) in [5, 5.41) is 8.26. The number of rotatable bonds is 2. The second-order valence-electron chi connectivity index (χ2n) is 6.85. The van der Waals surface area contributed by atoms with E-state index >= 15 is 0 Å². The van der Waals surface area contributed by atoms with Gasteiger partial charge in [0.05, 0.1) is 0 Å². The summed E-state index contributed by atoms with van der Waals surface area (Å²) in [6, 6.07) is 4.54. The fourth-order valence-electron chi connectivity index (χ4n) is 5.21. The van der Waals surface area contributed by atoms with Crippen LogP contribution in [0.15, 0.2) is 12.1 Å². The predicted molar refractivity (Wildman–Crippen MR) is 75.7 cm³/mol. The van der Waals surface area contributed by atoms with E-state index < -0.39 is 0 Å². The van der Waals surface area contributed by atoms with E-state index in [-0.39, 0.29) is 0 Å². The Morgan fingerprint density at radius 3 is 2.16 bits per heavy atom. The molecule has 5 rings (SSSR count). The fourth-order valence-corrected chi connectivity index (χ4v) is 5.21. The second kappa shape index (κ2) is 4.09. The van der Waals surface area contributed by atoms with Crippen LogP contribution in [0.2, 0.25) is 0 Å². The van der Waals surface area contributed by atoms with Gasteiger partial charge in [0.2, 0.25) is 0 Å². The Labute approximate surface area is 114 Å². The minimum absolute atomic E-state index is 0.502. The molecule has 1 aromatic rings. The van der Waals surface area contributed by atoms with Crippen LogP contribution in [-0.2, 0) is 0 Å². The lowest BCUT2D eigenvalue weighted by Gasteiger charge is -2.56. The van der Waals surface area contributed by atoms with Crippen molar-refractivity contribution in [2.75, 3.05) is 17.7 Å². The molecule has 0 radical (unpaired) electrons. The number of nitrogens with zero attached hydrogens (tertiary/aromatic N) is 3. The van der Waals surface area contributed by atoms with Gasteiger partial charge in [0.15, 0.2) is 5.82 Å². The fraction of sp³-hybridized carbons (Fsp3) is 0.733. The van der Waals surface area contributed by atoms with Crippen LogP contribution in [0.25, 0.3) is 0 Å². The molecule has 19 heavy (non-hydrogen) atoms. The number of hydrogen-bond acceptors (Lipinski definition) is 4. The maximum absolute atomic E-state index is 5.63. The first-order valence-electron chi connectivity index (χ1n) is 7.52. The molecule has 0 aromatic carbocycles. The molecule has 0 spiro atoms. The summed E-state index contributed by atoms with van der Waals surface area (Å²) >= 11 is 0. The van der Waals surface area contributed by atoms with Gasteiger partial charge in [-0.3, -0.25) is 0 Å². The van der Waals surface area contributed by atoms with Crippen molar-refractivity contribution in [3.8, 4) is 0 Å². The molecule has 4 aliphatic rings. The number of nitrogens with two attached hydrogens (primary N) is 1. The first-order valence-corrected chi connectivity index (χ1v) is 7.52. The maximum Gasteiger partial charge on any atom is 0.151 e. The Kier molecular flexibility index (Phi) is 2.47. The minimum atomic E-state index is 0.502. The van der Waals surface area contributed by atoms with Gasteiger partial charge in [0.25, 0.3) is 0 Å². The van der Waals surface area contributed by atoms with Crippen molar-refractivity contribution in [3.05, 3.63) is 12.1 Å². The molecule has 4 nitrogen and oxygen atoms in total. The zero-order valence-electron chi connectivity index (χ0n) is 11.5. The third kappa shape index (κ3) is 1.80.